The highest BCUT2D eigenvalue weighted by Crippen LogP contribution is 2.34. The molecule has 0 saturated carbocycles. The molecule has 11 N–H and O–H groups in total. The molecule has 3 fully saturated rings. The average Bonchev–Trinajstić information content (AvgIpc) is 3.13. The van der Waals surface area contributed by atoms with Gasteiger partial charge in [-0.25, -0.2) is 0 Å². The molecule has 1 aromatic heterocycles. The summed E-state index contributed by atoms with van der Waals surface area (Å²) in [6.07, 6.45) is -21.8. The summed E-state index contributed by atoms with van der Waals surface area (Å²) in [7, 11) is 0. The second-order valence-electron chi connectivity index (χ2n) is 12.7. The van der Waals surface area contributed by atoms with Crippen molar-refractivity contribution in [3.63, 3.8) is 0 Å². The Morgan fingerprint density at radius 3 is 1.88 bits per heavy atom. The van der Waals surface area contributed by atoms with Gasteiger partial charge in [0.15, 0.2) is 12.4 Å². The standard InChI is InChI=1S/C33H40O19/c1-11-21(37)25(41)28(44)31(47-11)52-30-27(43)24(40)19(9-35)51-33(30)48-13-4-2-12(3-5-13)15-10-46-17-7-14(6-16(36)20(17)22(15)38)49-32-29(45)26(42)23(39)18(8-34)50-32/h2-7,10-11,18-19,21,23-37,39-45H,8-9H2,1H3/t11-,18+,19+,21-,23+,24+,25+,26-,27-,28+,29+,30+,31-,32+,33+/m0/s1. The second-order valence-corrected chi connectivity index (χ2v) is 12.7. The highest BCUT2D eigenvalue weighted by Gasteiger charge is 2.51. The Bertz CT molecular complexity index is 1730. The molecule has 3 aromatic rings. The lowest BCUT2D eigenvalue weighted by molar-refractivity contribution is -0.354. The molecule has 3 aliphatic rings. The number of fused-ring (bicyclic) bond motifs is 1. The number of aliphatic hydroxyl groups excluding tert-OH is 10. The van der Waals surface area contributed by atoms with Crippen molar-refractivity contribution in [1.82, 2.24) is 0 Å². The van der Waals surface area contributed by atoms with Crippen LogP contribution in [0.25, 0.3) is 22.1 Å². The van der Waals surface area contributed by atoms with Crippen LogP contribution in [0.3, 0.4) is 0 Å². The highest BCUT2D eigenvalue weighted by atomic mass is 16.8. The lowest BCUT2D eigenvalue weighted by Gasteiger charge is -2.45. The van der Waals surface area contributed by atoms with Gasteiger partial charge in [-0.3, -0.25) is 4.79 Å². The third kappa shape index (κ3) is 7.21. The maximum atomic E-state index is 13.5. The fourth-order valence-corrected chi connectivity index (χ4v) is 6.20. The smallest absolute Gasteiger partial charge is 0.229 e. The Balaban J connectivity index is 1.20. The summed E-state index contributed by atoms with van der Waals surface area (Å²) in [5.41, 5.74) is -0.433. The van der Waals surface area contributed by atoms with Crippen LogP contribution in [0.2, 0.25) is 0 Å². The maximum Gasteiger partial charge on any atom is 0.229 e. The van der Waals surface area contributed by atoms with Crippen molar-refractivity contribution < 1.29 is 89.0 Å². The topological polar surface area (TPSA) is 308 Å². The van der Waals surface area contributed by atoms with E-state index in [4.69, 9.17) is 32.8 Å². The van der Waals surface area contributed by atoms with Crippen molar-refractivity contribution in [1.29, 1.82) is 0 Å². The first-order valence-corrected chi connectivity index (χ1v) is 16.2. The van der Waals surface area contributed by atoms with Gasteiger partial charge in [0.1, 0.15) is 95.5 Å². The fourth-order valence-electron chi connectivity index (χ4n) is 6.20. The van der Waals surface area contributed by atoms with E-state index < -0.39 is 117 Å². The zero-order chi connectivity index (χ0) is 37.6. The highest BCUT2D eigenvalue weighted by molar-refractivity contribution is 5.88. The molecule has 0 radical (unpaired) electrons. The van der Waals surface area contributed by atoms with E-state index in [2.05, 4.69) is 0 Å². The molecule has 19 nitrogen and oxygen atoms in total. The van der Waals surface area contributed by atoms with E-state index in [9.17, 15) is 61.0 Å². The van der Waals surface area contributed by atoms with Crippen molar-refractivity contribution in [3.8, 4) is 28.4 Å². The molecule has 52 heavy (non-hydrogen) atoms. The van der Waals surface area contributed by atoms with Gasteiger partial charge in [-0.1, -0.05) is 12.1 Å². The van der Waals surface area contributed by atoms with Gasteiger partial charge >= 0.3 is 0 Å². The van der Waals surface area contributed by atoms with Gasteiger partial charge in [-0.05, 0) is 24.6 Å². The minimum Gasteiger partial charge on any atom is -0.507 e. The van der Waals surface area contributed by atoms with Crippen molar-refractivity contribution in [2.75, 3.05) is 13.2 Å². The third-order valence-electron chi connectivity index (χ3n) is 9.27. The van der Waals surface area contributed by atoms with E-state index >= 15 is 0 Å². The van der Waals surface area contributed by atoms with E-state index in [-0.39, 0.29) is 28.0 Å². The van der Waals surface area contributed by atoms with Gasteiger partial charge in [0.25, 0.3) is 0 Å². The number of hydrogen-bond acceptors (Lipinski definition) is 19. The van der Waals surface area contributed by atoms with Gasteiger partial charge in [0.2, 0.25) is 18.0 Å². The Hall–Kier alpha value is -3.51. The lowest BCUT2D eigenvalue weighted by atomic mass is 9.97. The number of rotatable bonds is 9. The summed E-state index contributed by atoms with van der Waals surface area (Å²) in [5.74, 6) is -0.594. The van der Waals surface area contributed by atoms with Crippen molar-refractivity contribution in [2.24, 2.45) is 0 Å². The predicted octanol–water partition coefficient (Wildman–Crippen LogP) is -3.63. The first-order valence-electron chi connectivity index (χ1n) is 16.2. The Morgan fingerprint density at radius 1 is 0.654 bits per heavy atom. The molecule has 0 aliphatic carbocycles. The van der Waals surface area contributed by atoms with Gasteiger partial charge in [-0.15, -0.1) is 0 Å². The maximum absolute atomic E-state index is 13.5. The van der Waals surface area contributed by atoms with Gasteiger partial charge in [0, 0.05) is 12.1 Å². The monoisotopic (exact) mass is 740 g/mol. The molecule has 3 saturated heterocycles. The molecule has 0 unspecified atom stereocenters. The summed E-state index contributed by atoms with van der Waals surface area (Å²) in [4.78, 5) is 13.5. The number of ether oxygens (including phenoxy) is 6. The molecular formula is C33H40O19. The number of phenols is 1. The molecule has 6 rings (SSSR count). The van der Waals surface area contributed by atoms with Crippen LogP contribution in [0.15, 0.2) is 51.9 Å². The zero-order valence-corrected chi connectivity index (χ0v) is 27.3. The van der Waals surface area contributed by atoms with E-state index in [1.165, 1.54) is 37.3 Å². The number of phenolic OH excluding ortho intramolecular Hbond substituents is 1. The van der Waals surface area contributed by atoms with Crippen LogP contribution in [-0.2, 0) is 18.9 Å². The minimum atomic E-state index is -1.75. The first-order chi connectivity index (χ1) is 24.7. The lowest BCUT2D eigenvalue weighted by Crippen LogP contribution is -2.64. The molecule has 0 amide bonds. The van der Waals surface area contributed by atoms with Crippen LogP contribution in [0.4, 0.5) is 0 Å². The van der Waals surface area contributed by atoms with E-state index in [1.54, 1.807) is 0 Å². The second kappa shape index (κ2) is 15.5. The van der Waals surface area contributed by atoms with Crippen LogP contribution in [0, 0.1) is 0 Å². The summed E-state index contributed by atoms with van der Waals surface area (Å²) >= 11 is 0. The van der Waals surface area contributed by atoms with E-state index in [0.717, 1.165) is 12.3 Å². The molecule has 3 aliphatic heterocycles. The van der Waals surface area contributed by atoms with Crippen LogP contribution in [0.1, 0.15) is 6.92 Å². The normalized spacial score (nSPS) is 38.2. The minimum absolute atomic E-state index is 0.0178. The third-order valence-corrected chi connectivity index (χ3v) is 9.27. The molecule has 0 spiro atoms. The quantitative estimate of drug-likeness (QED) is 0.101. The Morgan fingerprint density at radius 2 is 1.23 bits per heavy atom. The molecule has 4 heterocycles. The van der Waals surface area contributed by atoms with Gasteiger partial charge in [0.05, 0.1) is 24.9 Å². The zero-order valence-electron chi connectivity index (χ0n) is 27.3. The Kier molecular flexibility index (Phi) is 11.4. The number of aromatic hydroxyl groups is 1. The SMILES string of the molecule is C[C@@H]1O[C@@H](O[C@H]2[C@H](Oc3ccc(-c4coc5cc(O[C@@H]6O[C@H](CO)[C@@H](O)[C@H](O)[C@H]6O)cc(O)c5c4=O)cc3)O[C@H](CO)[C@@H](O)[C@@H]2O)[C@H](O)[C@H](O)[C@H]1O. The number of benzene rings is 2. The number of aliphatic hydroxyl groups is 10. The first kappa shape index (κ1) is 38.2. The van der Waals surface area contributed by atoms with Crippen LogP contribution >= 0.6 is 0 Å². The van der Waals surface area contributed by atoms with E-state index in [0.29, 0.717) is 5.56 Å². The summed E-state index contributed by atoms with van der Waals surface area (Å²) < 4.78 is 39.2. The summed E-state index contributed by atoms with van der Waals surface area (Å²) in [6, 6.07) is 8.03. The molecule has 286 valence electrons. The molecule has 2 aromatic carbocycles. The van der Waals surface area contributed by atoms with E-state index in [1.807, 2.05) is 0 Å². The van der Waals surface area contributed by atoms with Crippen LogP contribution in [0.5, 0.6) is 17.2 Å². The predicted molar refractivity (Wildman–Crippen MR) is 170 cm³/mol. The van der Waals surface area contributed by atoms with Crippen molar-refractivity contribution in [2.45, 2.75) is 99.0 Å². The van der Waals surface area contributed by atoms with Gasteiger partial charge < -0.3 is 89.0 Å². The average molecular weight is 741 g/mol. The largest absolute Gasteiger partial charge is 0.507 e. The fraction of sp³-hybridized carbons (Fsp3) is 0.545. The van der Waals surface area contributed by atoms with Crippen molar-refractivity contribution in [3.05, 3.63) is 52.9 Å². The summed E-state index contributed by atoms with van der Waals surface area (Å²) in [6.45, 7) is 0.0329. The molecule has 19 heteroatoms. The number of hydrogen-bond donors (Lipinski definition) is 11. The van der Waals surface area contributed by atoms with Crippen molar-refractivity contribution >= 4 is 11.0 Å². The molecule has 15 atom stereocenters. The van der Waals surface area contributed by atoms with Crippen LogP contribution in [-0.4, -0.2) is 162 Å². The Labute approximate surface area is 293 Å². The molecular weight excluding hydrogens is 700 g/mol. The van der Waals surface area contributed by atoms with Crippen LogP contribution < -0.4 is 14.9 Å². The molecule has 0 bridgehead atoms. The van der Waals surface area contributed by atoms with Gasteiger partial charge in [-0.2, -0.15) is 0 Å². The summed E-state index contributed by atoms with van der Waals surface area (Å²) in [5, 5.41) is 112.